The summed E-state index contributed by atoms with van der Waals surface area (Å²) < 4.78 is 13.6. The molecule has 0 heterocycles. The number of hydrogen-bond donors (Lipinski definition) is 3. The first-order valence-electron chi connectivity index (χ1n) is 5.89. The summed E-state index contributed by atoms with van der Waals surface area (Å²) in [6.45, 7) is 3.57. The maximum atomic E-state index is 13.6. The van der Waals surface area contributed by atoms with E-state index in [0.717, 1.165) is 6.07 Å². The van der Waals surface area contributed by atoms with E-state index in [9.17, 15) is 14.0 Å². The second-order valence-corrected chi connectivity index (χ2v) is 4.66. The van der Waals surface area contributed by atoms with Gasteiger partial charge >= 0.3 is 5.97 Å². The minimum Gasteiger partial charge on any atom is -0.481 e. The first-order valence-corrected chi connectivity index (χ1v) is 5.89. The molecule has 0 bridgehead atoms. The van der Waals surface area contributed by atoms with E-state index in [0.29, 0.717) is 0 Å². The number of rotatable bonds is 5. The average molecular weight is 268 g/mol. The first kappa shape index (κ1) is 14.9. The normalized spacial score (nSPS) is 12.2. The Bertz CT molecular complexity index is 489. The number of carbonyl (C=O) groups excluding carboxylic acids is 1. The number of benzene rings is 1. The van der Waals surface area contributed by atoms with Crippen LogP contribution in [-0.4, -0.2) is 23.0 Å². The number of aliphatic carboxylic acids is 1. The summed E-state index contributed by atoms with van der Waals surface area (Å²) >= 11 is 0. The van der Waals surface area contributed by atoms with Crippen LogP contribution in [0.25, 0.3) is 0 Å². The average Bonchev–Trinajstić information content (AvgIpc) is 2.26. The number of anilines is 1. The Hall–Kier alpha value is -2.11. The highest BCUT2D eigenvalue weighted by molar-refractivity contribution is 5.95. The molecule has 1 aromatic carbocycles. The van der Waals surface area contributed by atoms with Gasteiger partial charge in [-0.3, -0.25) is 9.59 Å². The Kier molecular flexibility index (Phi) is 4.86. The molecule has 1 unspecified atom stereocenters. The van der Waals surface area contributed by atoms with Crippen molar-refractivity contribution in [2.45, 2.75) is 26.3 Å². The second kappa shape index (κ2) is 6.17. The van der Waals surface area contributed by atoms with Gasteiger partial charge in [-0.1, -0.05) is 13.8 Å². The fourth-order valence-corrected chi connectivity index (χ4v) is 1.60. The number of carboxylic acid groups (broad SMARTS) is 1. The van der Waals surface area contributed by atoms with Crippen LogP contribution < -0.4 is 11.1 Å². The Morgan fingerprint density at radius 1 is 1.42 bits per heavy atom. The molecule has 1 amide bonds. The summed E-state index contributed by atoms with van der Waals surface area (Å²) in [4.78, 5) is 22.6. The van der Waals surface area contributed by atoms with Gasteiger partial charge < -0.3 is 16.2 Å². The van der Waals surface area contributed by atoms with Crippen LogP contribution in [0.1, 0.15) is 30.6 Å². The van der Waals surface area contributed by atoms with E-state index in [1.165, 1.54) is 12.1 Å². The minimum absolute atomic E-state index is 0.0723. The van der Waals surface area contributed by atoms with Gasteiger partial charge in [0.2, 0.25) is 0 Å². The number of nitrogen functional groups attached to an aromatic ring is 1. The van der Waals surface area contributed by atoms with E-state index >= 15 is 0 Å². The second-order valence-electron chi connectivity index (χ2n) is 4.66. The van der Waals surface area contributed by atoms with Gasteiger partial charge in [-0.15, -0.1) is 0 Å². The number of carboxylic acids is 1. The summed E-state index contributed by atoms with van der Waals surface area (Å²) in [5, 5.41) is 11.3. The van der Waals surface area contributed by atoms with Crippen LogP contribution in [0.2, 0.25) is 0 Å². The predicted octanol–water partition coefficient (Wildman–Crippen LogP) is 1.64. The maximum absolute atomic E-state index is 13.6. The molecular formula is C13H17FN2O3. The van der Waals surface area contributed by atoms with Crippen LogP contribution >= 0.6 is 0 Å². The molecule has 1 atom stereocenters. The fraction of sp³-hybridized carbons (Fsp3) is 0.385. The maximum Gasteiger partial charge on any atom is 0.305 e. The smallest absolute Gasteiger partial charge is 0.305 e. The number of amides is 1. The van der Waals surface area contributed by atoms with Crippen LogP contribution in [0.15, 0.2) is 18.2 Å². The Balaban J connectivity index is 2.84. The van der Waals surface area contributed by atoms with Gasteiger partial charge in [0.1, 0.15) is 5.82 Å². The van der Waals surface area contributed by atoms with E-state index in [-0.39, 0.29) is 23.6 Å². The van der Waals surface area contributed by atoms with Crippen LogP contribution in [-0.2, 0) is 4.79 Å². The summed E-state index contributed by atoms with van der Waals surface area (Å²) in [6, 6.07) is 3.19. The van der Waals surface area contributed by atoms with E-state index in [2.05, 4.69) is 5.32 Å². The molecule has 0 aliphatic carbocycles. The molecule has 1 aromatic rings. The van der Waals surface area contributed by atoms with Crippen LogP contribution in [0.4, 0.5) is 10.1 Å². The van der Waals surface area contributed by atoms with E-state index < -0.39 is 23.7 Å². The topological polar surface area (TPSA) is 92.4 Å². The monoisotopic (exact) mass is 268 g/mol. The highest BCUT2D eigenvalue weighted by Crippen LogP contribution is 2.13. The summed E-state index contributed by atoms with van der Waals surface area (Å²) in [5.41, 5.74) is 5.47. The summed E-state index contributed by atoms with van der Waals surface area (Å²) in [6.07, 6.45) is -0.208. The molecule has 0 spiro atoms. The van der Waals surface area contributed by atoms with Crippen molar-refractivity contribution in [2.75, 3.05) is 5.73 Å². The number of halogens is 1. The lowest BCUT2D eigenvalue weighted by Gasteiger charge is -2.20. The SMILES string of the molecule is CC(C)C(CC(=O)O)NC(=O)c1ccc(N)cc1F. The lowest BCUT2D eigenvalue weighted by atomic mass is 10.0. The van der Waals surface area contributed by atoms with E-state index in [1.807, 2.05) is 0 Å². The minimum atomic E-state index is -1.02. The zero-order valence-corrected chi connectivity index (χ0v) is 10.8. The summed E-state index contributed by atoms with van der Waals surface area (Å²) in [5.74, 6) is -2.46. The van der Waals surface area contributed by atoms with Gasteiger partial charge in [0.15, 0.2) is 0 Å². The van der Waals surface area contributed by atoms with Crippen molar-refractivity contribution in [1.29, 1.82) is 0 Å². The largest absolute Gasteiger partial charge is 0.481 e. The molecule has 6 heteroatoms. The third-order valence-corrected chi connectivity index (χ3v) is 2.75. The fourth-order valence-electron chi connectivity index (χ4n) is 1.60. The number of hydrogen-bond acceptors (Lipinski definition) is 3. The van der Waals surface area contributed by atoms with Crippen LogP contribution in [0.3, 0.4) is 0 Å². The molecule has 0 saturated heterocycles. The van der Waals surface area contributed by atoms with Crippen molar-refractivity contribution in [3.63, 3.8) is 0 Å². The Morgan fingerprint density at radius 2 is 2.05 bits per heavy atom. The lowest BCUT2D eigenvalue weighted by Crippen LogP contribution is -2.40. The molecule has 0 aliphatic heterocycles. The quantitative estimate of drug-likeness (QED) is 0.708. The zero-order valence-electron chi connectivity index (χ0n) is 10.8. The number of nitrogens with one attached hydrogen (secondary N) is 1. The molecule has 19 heavy (non-hydrogen) atoms. The predicted molar refractivity (Wildman–Crippen MR) is 69.2 cm³/mol. The molecule has 0 fully saturated rings. The van der Waals surface area contributed by atoms with Gasteiger partial charge in [-0.25, -0.2) is 4.39 Å². The summed E-state index contributed by atoms with van der Waals surface area (Å²) in [7, 11) is 0. The lowest BCUT2D eigenvalue weighted by molar-refractivity contribution is -0.137. The van der Waals surface area contributed by atoms with E-state index in [4.69, 9.17) is 10.8 Å². The highest BCUT2D eigenvalue weighted by atomic mass is 19.1. The third-order valence-electron chi connectivity index (χ3n) is 2.75. The van der Waals surface area contributed by atoms with E-state index in [1.54, 1.807) is 13.8 Å². The molecule has 1 rings (SSSR count). The molecule has 104 valence electrons. The van der Waals surface area contributed by atoms with Crippen molar-refractivity contribution < 1.29 is 19.1 Å². The molecule has 0 aromatic heterocycles. The van der Waals surface area contributed by atoms with Crippen molar-refractivity contribution in [3.05, 3.63) is 29.6 Å². The molecule has 0 radical (unpaired) electrons. The number of nitrogens with two attached hydrogens (primary N) is 1. The molecule has 5 nitrogen and oxygen atoms in total. The molecule has 0 saturated carbocycles. The van der Waals surface area contributed by atoms with Crippen molar-refractivity contribution in [1.82, 2.24) is 5.32 Å². The van der Waals surface area contributed by atoms with Crippen molar-refractivity contribution >= 4 is 17.6 Å². The zero-order chi connectivity index (χ0) is 14.6. The molecule has 0 aliphatic rings. The van der Waals surface area contributed by atoms with Crippen LogP contribution in [0.5, 0.6) is 0 Å². The van der Waals surface area contributed by atoms with Crippen molar-refractivity contribution in [2.24, 2.45) is 5.92 Å². The number of carbonyl (C=O) groups is 2. The van der Waals surface area contributed by atoms with Crippen LogP contribution in [0, 0.1) is 11.7 Å². The molecule has 4 N–H and O–H groups in total. The van der Waals surface area contributed by atoms with Gasteiger partial charge in [0, 0.05) is 11.7 Å². The van der Waals surface area contributed by atoms with Gasteiger partial charge in [-0.2, -0.15) is 0 Å². The van der Waals surface area contributed by atoms with Gasteiger partial charge in [0.25, 0.3) is 5.91 Å². The third kappa shape index (κ3) is 4.24. The van der Waals surface area contributed by atoms with Gasteiger partial charge in [0.05, 0.1) is 12.0 Å². The van der Waals surface area contributed by atoms with Gasteiger partial charge in [-0.05, 0) is 24.1 Å². The standard InChI is InChI=1S/C13H17FN2O3/c1-7(2)11(6-12(17)18)16-13(19)9-4-3-8(15)5-10(9)14/h3-5,7,11H,6,15H2,1-2H3,(H,16,19)(H,17,18). The Morgan fingerprint density at radius 3 is 2.53 bits per heavy atom. The molecular weight excluding hydrogens is 251 g/mol. The Labute approximate surface area is 110 Å². The highest BCUT2D eigenvalue weighted by Gasteiger charge is 2.21. The first-order chi connectivity index (χ1) is 8.81. The van der Waals surface area contributed by atoms with Crippen molar-refractivity contribution in [3.8, 4) is 0 Å².